The van der Waals surface area contributed by atoms with Crippen LogP contribution < -0.4 is 5.32 Å². The van der Waals surface area contributed by atoms with Gasteiger partial charge in [0.2, 0.25) is 11.2 Å². The Bertz CT molecular complexity index is 745. The molecule has 2 aromatic rings. The maximum Gasteiger partial charge on any atom is 0.231 e. The Kier molecular flexibility index (Phi) is 7.84. The fourth-order valence-electron chi connectivity index (χ4n) is 3.40. The highest BCUT2D eigenvalue weighted by molar-refractivity contribution is 6.28. The molecule has 0 atom stereocenters. The monoisotopic (exact) mass is 382 g/mol. The van der Waals surface area contributed by atoms with Crippen molar-refractivity contribution in [1.29, 1.82) is 0 Å². The summed E-state index contributed by atoms with van der Waals surface area (Å²) in [6.07, 6.45) is 10.00. The zero-order chi connectivity index (χ0) is 18.7. The quantitative estimate of drug-likeness (QED) is 0.648. The Morgan fingerprint density at radius 2 is 1.26 bits per heavy atom. The highest BCUT2D eigenvalue weighted by Crippen LogP contribution is 2.29. The van der Waals surface area contributed by atoms with E-state index in [9.17, 15) is 0 Å². The van der Waals surface area contributed by atoms with Gasteiger partial charge in [-0.2, -0.15) is 9.97 Å². The third-order valence-corrected chi connectivity index (χ3v) is 4.99. The van der Waals surface area contributed by atoms with Gasteiger partial charge in [0, 0.05) is 11.6 Å². The lowest BCUT2D eigenvalue weighted by atomic mass is 9.96. The van der Waals surface area contributed by atoms with Crippen LogP contribution in [0.1, 0.15) is 63.1 Å². The Labute approximate surface area is 166 Å². The molecule has 142 valence electrons. The van der Waals surface area contributed by atoms with Crippen LogP contribution in [0.5, 0.6) is 0 Å². The van der Waals surface area contributed by atoms with E-state index in [4.69, 9.17) is 16.6 Å². The second-order valence-electron chi connectivity index (χ2n) is 6.94. The minimum Gasteiger partial charge on any atom is -0.324 e. The molecule has 1 fully saturated rings. The fourth-order valence-corrected chi connectivity index (χ4v) is 3.57. The van der Waals surface area contributed by atoms with Gasteiger partial charge in [0.15, 0.2) is 0 Å². The van der Waals surface area contributed by atoms with Gasteiger partial charge in [-0.05, 0) is 36.6 Å². The van der Waals surface area contributed by atoms with Gasteiger partial charge in [-0.25, -0.2) is 4.98 Å². The lowest BCUT2D eigenvalue weighted by Crippen LogP contribution is -2.09. The van der Waals surface area contributed by atoms with E-state index in [0.29, 0.717) is 11.9 Å². The van der Waals surface area contributed by atoms with Crippen LogP contribution in [0.4, 0.5) is 11.6 Å². The molecule has 4 nitrogen and oxygen atoms in total. The molecule has 0 radical (unpaired) electrons. The summed E-state index contributed by atoms with van der Waals surface area (Å²) in [5.74, 6) is 1.69. The van der Waals surface area contributed by atoms with E-state index >= 15 is 0 Å². The van der Waals surface area contributed by atoms with Crippen molar-refractivity contribution in [2.45, 2.75) is 57.3 Å². The number of halogens is 1. The third kappa shape index (κ3) is 6.79. The van der Waals surface area contributed by atoms with E-state index in [1.54, 1.807) is 0 Å². The molecule has 3 rings (SSSR count). The molecule has 1 N–H and O–H groups in total. The summed E-state index contributed by atoms with van der Waals surface area (Å²) in [6.45, 7) is 0. The molecule has 5 heteroatoms. The van der Waals surface area contributed by atoms with Gasteiger partial charge in [0.25, 0.3) is 0 Å². The summed E-state index contributed by atoms with van der Waals surface area (Å²) in [6, 6.07) is 17.8. The summed E-state index contributed by atoms with van der Waals surface area (Å²) in [5, 5.41) is 3.53. The van der Waals surface area contributed by atoms with Gasteiger partial charge in [0.05, 0.1) is 0 Å². The van der Waals surface area contributed by atoms with E-state index in [0.717, 1.165) is 24.4 Å². The minimum absolute atomic E-state index is 0.255. The SMILES string of the molecule is Clc1nc(Nc2ccccccccc2)nc(C2CCCCCCCC2)n1. The van der Waals surface area contributed by atoms with Crippen LogP contribution in [-0.4, -0.2) is 15.0 Å². The van der Waals surface area contributed by atoms with Crippen LogP contribution >= 0.6 is 11.6 Å². The predicted octanol–water partition coefficient (Wildman–Crippen LogP) is 6.61. The average molecular weight is 383 g/mol. The Morgan fingerprint density at radius 1 is 0.704 bits per heavy atom. The van der Waals surface area contributed by atoms with Gasteiger partial charge in [-0.1, -0.05) is 81.0 Å². The number of nitrogens with one attached hydrogen (secondary N) is 1. The maximum atomic E-state index is 6.22. The summed E-state index contributed by atoms with van der Waals surface area (Å²) in [5.41, 5.74) is 0.897. The number of nitrogens with zero attached hydrogens (tertiary/aromatic N) is 3. The van der Waals surface area contributed by atoms with Crippen molar-refractivity contribution in [1.82, 2.24) is 15.0 Å². The molecule has 0 aliphatic heterocycles. The van der Waals surface area contributed by atoms with Crippen molar-refractivity contribution in [3.8, 4) is 0 Å². The third-order valence-electron chi connectivity index (χ3n) is 4.82. The number of hydrogen-bond donors (Lipinski definition) is 1. The summed E-state index contributed by atoms with van der Waals surface area (Å²) < 4.78 is 0. The van der Waals surface area contributed by atoms with Crippen molar-refractivity contribution < 1.29 is 0 Å². The number of hydrogen-bond acceptors (Lipinski definition) is 4. The van der Waals surface area contributed by atoms with E-state index in [2.05, 4.69) is 15.3 Å². The van der Waals surface area contributed by atoms with E-state index in [1.165, 1.54) is 38.5 Å². The van der Waals surface area contributed by atoms with Gasteiger partial charge in [0.1, 0.15) is 5.82 Å². The molecular formula is C22H27ClN4. The van der Waals surface area contributed by atoms with Crippen molar-refractivity contribution in [2.24, 2.45) is 0 Å². The molecule has 0 bridgehead atoms. The molecule has 0 unspecified atom stereocenters. The molecule has 1 aliphatic carbocycles. The van der Waals surface area contributed by atoms with E-state index < -0.39 is 0 Å². The van der Waals surface area contributed by atoms with Gasteiger partial charge >= 0.3 is 0 Å². The maximum absolute atomic E-state index is 6.22. The molecule has 1 saturated carbocycles. The van der Waals surface area contributed by atoms with Crippen LogP contribution in [0.25, 0.3) is 0 Å². The van der Waals surface area contributed by atoms with E-state index in [1.807, 2.05) is 54.6 Å². The zero-order valence-corrected chi connectivity index (χ0v) is 16.4. The molecule has 0 saturated heterocycles. The zero-order valence-electron chi connectivity index (χ0n) is 15.6. The van der Waals surface area contributed by atoms with Crippen molar-refractivity contribution >= 4 is 23.2 Å². The standard InChI is InChI=1S/C22H27ClN4/c23-21-25-20(18-14-10-6-4-5-7-11-15-18)26-22(27-21)24-19-16-12-8-2-1-3-9-13-17-19/h1-3,8-9,12-13,16-18H,4-7,10-11,14-15H2,(H,24,25,26,27). The first-order valence-corrected chi connectivity index (χ1v) is 10.3. The fraction of sp³-hybridized carbons (Fsp3) is 0.409. The number of aromatic nitrogens is 3. The topological polar surface area (TPSA) is 50.7 Å². The van der Waals surface area contributed by atoms with Crippen molar-refractivity contribution in [3.05, 3.63) is 65.7 Å². The first-order chi connectivity index (χ1) is 13.3. The smallest absolute Gasteiger partial charge is 0.231 e. The number of anilines is 2. The lowest BCUT2D eigenvalue weighted by molar-refractivity contribution is 0.514. The second kappa shape index (κ2) is 10.8. The first-order valence-electron chi connectivity index (χ1n) is 9.88. The van der Waals surface area contributed by atoms with Crippen LogP contribution in [0.3, 0.4) is 0 Å². The molecule has 0 spiro atoms. The van der Waals surface area contributed by atoms with Crippen LogP contribution in [0.15, 0.2) is 54.6 Å². The van der Waals surface area contributed by atoms with Gasteiger partial charge < -0.3 is 5.32 Å². The Balaban J connectivity index is 1.82. The highest BCUT2D eigenvalue weighted by Gasteiger charge is 2.18. The number of rotatable bonds is 3. The van der Waals surface area contributed by atoms with Gasteiger partial charge in [-0.3, -0.25) is 0 Å². The highest BCUT2D eigenvalue weighted by atomic mass is 35.5. The summed E-state index contributed by atoms with van der Waals surface area (Å²) >= 11 is 6.22. The molecular weight excluding hydrogens is 356 g/mol. The lowest BCUT2D eigenvalue weighted by Gasteiger charge is -2.15. The minimum atomic E-state index is 0.255. The average Bonchev–Trinajstić information content (AvgIpc) is 2.80. The second-order valence-corrected chi connectivity index (χ2v) is 7.28. The van der Waals surface area contributed by atoms with E-state index in [-0.39, 0.29) is 5.28 Å². The summed E-state index contributed by atoms with van der Waals surface area (Å²) in [4.78, 5) is 13.4. The van der Waals surface area contributed by atoms with Gasteiger partial charge in [-0.15, -0.1) is 0 Å². The molecule has 0 amide bonds. The van der Waals surface area contributed by atoms with Crippen LogP contribution in [0.2, 0.25) is 5.28 Å². The molecule has 1 aliphatic rings. The predicted molar refractivity (Wildman–Crippen MR) is 112 cm³/mol. The first kappa shape index (κ1) is 19.6. The molecule has 27 heavy (non-hydrogen) atoms. The Hall–Kier alpha value is -2.20. The molecule has 1 aromatic carbocycles. The van der Waals surface area contributed by atoms with Crippen molar-refractivity contribution in [3.63, 3.8) is 0 Å². The van der Waals surface area contributed by atoms with Crippen molar-refractivity contribution in [2.75, 3.05) is 5.32 Å². The van der Waals surface area contributed by atoms with Crippen LogP contribution in [-0.2, 0) is 0 Å². The largest absolute Gasteiger partial charge is 0.324 e. The van der Waals surface area contributed by atoms with Crippen LogP contribution in [0, 0.1) is 0 Å². The normalized spacial score (nSPS) is 15.7. The molecule has 1 aromatic heterocycles. The Morgan fingerprint density at radius 3 is 1.89 bits per heavy atom. The molecule has 1 heterocycles. The summed E-state index contributed by atoms with van der Waals surface area (Å²) in [7, 11) is 0.